The van der Waals surface area contributed by atoms with Crippen molar-refractivity contribution >= 4 is 49.9 Å². The number of H-pyrrole nitrogens is 1. The minimum absolute atomic E-state index is 0.0946. The smallest absolute Gasteiger partial charge is 0.307 e. The van der Waals surface area contributed by atoms with Gasteiger partial charge in [0.15, 0.2) is 11.5 Å². The van der Waals surface area contributed by atoms with Gasteiger partial charge in [0.2, 0.25) is 5.75 Å². The molecule has 0 aliphatic rings. The number of para-hydroxylation sites is 2. The van der Waals surface area contributed by atoms with Gasteiger partial charge in [0, 0.05) is 60.4 Å². The molecule has 13 heteroatoms. The molecular formula is C33H35N5O7S. The van der Waals surface area contributed by atoms with Gasteiger partial charge < -0.3 is 29.8 Å². The van der Waals surface area contributed by atoms with E-state index in [1.54, 1.807) is 24.3 Å². The maximum Gasteiger partial charge on any atom is 0.307 e. The van der Waals surface area contributed by atoms with Gasteiger partial charge in [-0.2, -0.15) is 12.7 Å². The Morgan fingerprint density at radius 3 is 2.24 bits per heavy atom. The first-order valence-electron chi connectivity index (χ1n) is 14.3. The number of carbonyl (C=O) groups is 2. The third-order valence-corrected chi connectivity index (χ3v) is 9.22. The van der Waals surface area contributed by atoms with Gasteiger partial charge in [-0.15, -0.1) is 0 Å². The number of amides is 2. The van der Waals surface area contributed by atoms with Crippen molar-refractivity contribution in [1.82, 2.24) is 23.9 Å². The van der Waals surface area contributed by atoms with E-state index in [4.69, 9.17) is 14.2 Å². The number of aromatic nitrogens is 2. The summed E-state index contributed by atoms with van der Waals surface area (Å²) >= 11 is 0. The van der Waals surface area contributed by atoms with E-state index in [0.717, 1.165) is 24.7 Å². The van der Waals surface area contributed by atoms with E-state index in [2.05, 4.69) is 15.6 Å². The highest BCUT2D eigenvalue weighted by Gasteiger charge is 2.23. The molecule has 3 N–H and O–H groups in total. The fourth-order valence-corrected chi connectivity index (χ4v) is 6.13. The van der Waals surface area contributed by atoms with Crippen molar-refractivity contribution in [3.8, 4) is 17.2 Å². The molecule has 0 spiro atoms. The predicted octanol–water partition coefficient (Wildman–Crippen LogP) is 3.93. The minimum Gasteiger partial charge on any atom is -0.493 e. The van der Waals surface area contributed by atoms with Crippen molar-refractivity contribution in [2.24, 2.45) is 0 Å². The van der Waals surface area contributed by atoms with Gasteiger partial charge in [0.1, 0.15) is 5.70 Å². The third kappa shape index (κ3) is 6.28. The molecule has 0 fully saturated rings. The van der Waals surface area contributed by atoms with Gasteiger partial charge in [-0.1, -0.05) is 36.4 Å². The van der Waals surface area contributed by atoms with Crippen LogP contribution in [0.4, 0.5) is 0 Å². The van der Waals surface area contributed by atoms with Crippen molar-refractivity contribution < 1.29 is 32.2 Å². The molecule has 5 rings (SSSR count). The summed E-state index contributed by atoms with van der Waals surface area (Å²) in [6.07, 6.45) is 5.32. The molecule has 0 aliphatic carbocycles. The molecule has 5 aromatic rings. The van der Waals surface area contributed by atoms with Crippen LogP contribution in [0.2, 0.25) is 0 Å². The highest BCUT2D eigenvalue weighted by molar-refractivity contribution is 7.87. The zero-order chi connectivity index (χ0) is 33.0. The first-order chi connectivity index (χ1) is 22.1. The Labute approximate surface area is 266 Å². The van der Waals surface area contributed by atoms with Gasteiger partial charge in [0.25, 0.3) is 11.8 Å². The molecule has 0 atom stereocenters. The van der Waals surface area contributed by atoms with Crippen LogP contribution in [0, 0.1) is 0 Å². The highest BCUT2D eigenvalue weighted by atomic mass is 32.2. The van der Waals surface area contributed by atoms with Crippen LogP contribution in [0.1, 0.15) is 21.5 Å². The summed E-state index contributed by atoms with van der Waals surface area (Å²) in [5.74, 6) is -0.354. The van der Waals surface area contributed by atoms with E-state index in [0.29, 0.717) is 28.6 Å². The molecule has 0 saturated carbocycles. The second kappa shape index (κ2) is 13.4. The Morgan fingerprint density at radius 1 is 0.935 bits per heavy atom. The molecule has 0 unspecified atom stereocenters. The maximum atomic E-state index is 13.7. The van der Waals surface area contributed by atoms with Crippen molar-refractivity contribution in [3.63, 3.8) is 0 Å². The highest BCUT2D eigenvalue weighted by Crippen LogP contribution is 2.38. The lowest BCUT2D eigenvalue weighted by molar-refractivity contribution is -0.117. The third-order valence-electron chi connectivity index (χ3n) is 7.49. The van der Waals surface area contributed by atoms with Crippen LogP contribution in [0.5, 0.6) is 17.2 Å². The van der Waals surface area contributed by atoms with Gasteiger partial charge in [-0.25, -0.2) is 3.97 Å². The largest absolute Gasteiger partial charge is 0.493 e. The van der Waals surface area contributed by atoms with Crippen molar-refractivity contribution in [2.45, 2.75) is 6.42 Å². The van der Waals surface area contributed by atoms with Crippen molar-refractivity contribution in [1.29, 1.82) is 0 Å². The zero-order valence-corrected chi connectivity index (χ0v) is 26.9. The molecule has 240 valence electrons. The monoisotopic (exact) mass is 645 g/mol. The van der Waals surface area contributed by atoms with Crippen LogP contribution in [-0.4, -0.2) is 75.5 Å². The standard InChI is InChI=1S/C33H35N5O7S/c1-37(2)46(41,42)38-20-23(25-11-7-9-13-28(25)38)16-27(33(40)34-15-14-21-19-35-26-12-8-6-10-24(21)26)36-32(39)22-17-29(43-3)31(45-5)30(18-22)44-4/h6-13,16-20,35H,14-15H2,1-5H3,(H,34,40)(H,36,39). The van der Waals surface area contributed by atoms with Gasteiger partial charge in [-0.05, 0) is 42.3 Å². The number of rotatable bonds is 12. The van der Waals surface area contributed by atoms with Crippen molar-refractivity contribution in [3.05, 3.63) is 95.4 Å². The van der Waals surface area contributed by atoms with Crippen LogP contribution < -0.4 is 24.8 Å². The summed E-state index contributed by atoms with van der Waals surface area (Å²) in [4.78, 5) is 30.5. The number of methoxy groups -OCH3 is 3. The van der Waals surface area contributed by atoms with E-state index in [9.17, 15) is 18.0 Å². The fraction of sp³-hybridized carbons (Fsp3) is 0.212. The summed E-state index contributed by atoms with van der Waals surface area (Å²) < 4.78 is 44.7. The Morgan fingerprint density at radius 2 is 1.59 bits per heavy atom. The molecule has 0 bridgehead atoms. The first kappa shape index (κ1) is 32.1. The summed E-state index contributed by atoms with van der Waals surface area (Å²) in [5.41, 5.74) is 2.89. The Balaban J connectivity index is 1.52. The molecule has 0 radical (unpaired) electrons. The van der Waals surface area contributed by atoms with Crippen molar-refractivity contribution in [2.75, 3.05) is 42.0 Å². The molecule has 2 heterocycles. The first-order valence-corrected chi connectivity index (χ1v) is 15.7. The average molecular weight is 646 g/mol. The van der Waals surface area contributed by atoms with Crippen LogP contribution in [0.3, 0.4) is 0 Å². The van der Waals surface area contributed by atoms with E-state index in [1.165, 1.54) is 59.8 Å². The predicted molar refractivity (Wildman–Crippen MR) is 176 cm³/mol. The molecule has 46 heavy (non-hydrogen) atoms. The number of carbonyl (C=O) groups excluding carboxylic acids is 2. The lowest BCUT2D eigenvalue weighted by Crippen LogP contribution is -2.35. The molecule has 0 saturated heterocycles. The van der Waals surface area contributed by atoms with Crippen LogP contribution in [0.15, 0.2) is 78.8 Å². The van der Waals surface area contributed by atoms with Gasteiger partial charge in [-0.3, -0.25) is 9.59 Å². The van der Waals surface area contributed by atoms with E-state index >= 15 is 0 Å². The number of ether oxygens (including phenoxy) is 3. The van der Waals surface area contributed by atoms with Crippen LogP contribution in [0.25, 0.3) is 27.9 Å². The SMILES string of the molecule is COc1cc(C(=O)NC(=Cc2cn(S(=O)(=O)N(C)C)c3ccccc23)C(=O)NCCc2c[nH]c3ccccc23)cc(OC)c1OC. The molecule has 2 aromatic heterocycles. The number of aromatic amines is 1. The molecule has 12 nitrogen and oxygen atoms in total. The number of fused-ring (bicyclic) bond motifs is 2. The summed E-state index contributed by atoms with van der Waals surface area (Å²) in [6.45, 7) is 0.273. The van der Waals surface area contributed by atoms with Gasteiger partial charge >= 0.3 is 10.2 Å². The molecule has 0 aliphatic heterocycles. The van der Waals surface area contributed by atoms with E-state index in [1.807, 2.05) is 30.5 Å². The number of benzene rings is 3. The maximum absolute atomic E-state index is 13.7. The summed E-state index contributed by atoms with van der Waals surface area (Å²) in [7, 11) is 3.29. The number of hydrogen-bond acceptors (Lipinski definition) is 7. The second-order valence-electron chi connectivity index (χ2n) is 10.5. The van der Waals surface area contributed by atoms with E-state index < -0.39 is 22.0 Å². The zero-order valence-electron chi connectivity index (χ0n) is 26.1. The topological polar surface area (TPSA) is 144 Å². The average Bonchev–Trinajstić information content (AvgIpc) is 3.65. The Kier molecular flexibility index (Phi) is 9.35. The fourth-order valence-electron chi connectivity index (χ4n) is 5.12. The lowest BCUT2D eigenvalue weighted by Gasteiger charge is -2.15. The summed E-state index contributed by atoms with van der Waals surface area (Å²) in [6, 6.07) is 17.7. The summed E-state index contributed by atoms with van der Waals surface area (Å²) in [5, 5.41) is 7.23. The normalized spacial score (nSPS) is 12.0. The van der Waals surface area contributed by atoms with Crippen LogP contribution >= 0.6 is 0 Å². The Hall–Kier alpha value is -5.27. The second-order valence-corrected chi connectivity index (χ2v) is 12.5. The molecular weight excluding hydrogens is 610 g/mol. The quantitative estimate of drug-likeness (QED) is 0.175. The molecule has 2 amide bonds. The number of nitrogens with zero attached hydrogens (tertiary/aromatic N) is 2. The number of nitrogens with one attached hydrogen (secondary N) is 3. The van der Waals surface area contributed by atoms with Crippen LogP contribution in [-0.2, 0) is 21.4 Å². The van der Waals surface area contributed by atoms with Gasteiger partial charge in [0.05, 0.1) is 26.8 Å². The Bertz CT molecular complexity index is 2040. The number of hydrogen-bond donors (Lipinski definition) is 3. The minimum atomic E-state index is -3.89. The molecule has 3 aromatic carbocycles. The van der Waals surface area contributed by atoms with E-state index in [-0.39, 0.29) is 29.3 Å². The lowest BCUT2D eigenvalue weighted by atomic mass is 10.1.